The highest BCUT2D eigenvalue weighted by Crippen LogP contribution is 2.50. The molecule has 0 aromatic heterocycles. The van der Waals surface area contributed by atoms with Crippen molar-refractivity contribution in [1.29, 1.82) is 0 Å². The van der Waals surface area contributed by atoms with Crippen molar-refractivity contribution < 1.29 is 14.7 Å². The summed E-state index contributed by atoms with van der Waals surface area (Å²) < 4.78 is 0. The lowest BCUT2D eigenvalue weighted by Crippen LogP contribution is -2.42. The second-order valence-corrected chi connectivity index (χ2v) is 6.21. The van der Waals surface area contributed by atoms with Crippen molar-refractivity contribution >= 4 is 11.9 Å². The third-order valence-electron chi connectivity index (χ3n) is 4.90. The summed E-state index contributed by atoms with van der Waals surface area (Å²) in [5, 5.41) is 9.13. The van der Waals surface area contributed by atoms with Crippen molar-refractivity contribution in [2.24, 2.45) is 23.7 Å². The molecule has 3 fully saturated rings. The molecule has 1 aliphatic heterocycles. The maximum atomic E-state index is 12.6. The van der Waals surface area contributed by atoms with Crippen molar-refractivity contribution in [2.75, 3.05) is 6.54 Å². The molecule has 1 heterocycles. The number of carboxylic acid groups (broad SMARTS) is 1. The van der Waals surface area contributed by atoms with Gasteiger partial charge in [-0.05, 0) is 50.9 Å². The van der Waals surface area contributed by atoms with Crippen LogP contribution in [0.15, 0.2) is 0 Å². The number of hydrogen-bond acceptors (Lipinski definition) is 2. The third-order valence-corrected chi connectivity index (χ3v) is 4.90. The lowest BCUT2D eigenvalue weighted by atomic mass is 9.95. The van der Waals surface area contributed by atoms with E-state index in [0.29, 0.717) is 24.8 Å². The smallest absolute Gasteiger partial charge is 0.308 e. The van der Waals surface area contributed by atoms with E-state index in [1.165, 1.54) is 25.7 Å². The lowest BCUT2D eigenvalue weighted by molar-refractivity contribution is -0.144. The van der Waals surface area contributed by atoms with E-state index in [9.17, 15) is 9.59 Å². The molecule has 1 N–H and O–H groups in total. The quantitative estimate of drug-likeness (QED) is 0.828. The van der Waals surface area contributed by atoms with Crippen LogP contribution in [0.5, 0.6) is 0 Å². The zero-order valence-electron chi connectivity index (χ0n) is 10.8. The fourth-order valence-corrected chi connectivity index (χ4v) is 3.47. The van der Waals surface area contributed by atoms with Gasteiger partial charge in [-0.25, -0.2) is 0 Å². The van der Waals surface area contributed by atoms with E-state index in [-0.39, 0.29) is 23.8 Å². The minimum Gasteiger partial charge on any atom is -0.481 e. The van der Waals surface area contributed by atoms with Gasteiger partial charge in [0.05, 0.1) is 5.92 Å². The molecule has 2 unspecified atom stereocenters. The third kappa shape index (κ3) is 2.02. The van der Waals surface area contributed by atoms with Crippen molar-refractivity contribution in [3.63, 3.8) is 0 Å². The maximum absolute atomic E-state index is 12.6. The summed E-state index contributed by atoms with van der Waals surface area (Å²) in [5.74, 6) is 0.526. The van der Waals surface area contributed by atoms with Gasteiger partial charge >= 0.3 is 5.97 Å². The number of rotatable bonds is 4. The Morgan fingerprint density at radius 3 is 2.06 bits per heavy atom. The van der Waals surface area contributed by atoms with Gasteiger partial charge in [0.15, 0.2) is 0 Å². The Balaban J connectivity index is 1.70. The monoisotopic (exact) mass is 251 g/mol. The van der Waals surface area contributed by atoms with E-state index in [2.05, 4.69) is 0 Å². The first-order valence-corrected chi connectivity index (χ1v) is 7.13. The second-order valence-electron chi connectivity index (χ2n) is 6.21. The number of likely N-dealkylation sites (tertiary alicyclic amines) is 1. The molecular weight excluding hydrogens is 230 g/mol. The first-order valence-electron chi connectivity index (χ1n) is 7.13. The summed E-state index contributed by atoms with van der Waals surface area (Å²) in [7, 11) is 0. The van der Waals surface area contributed by atoms with E-state index >= 15 is 0 Å². The van der Waals surface area contributed by atoms with E-state index in [1.807, 2.05) is 11.8 Å². The number of aliphatic carboxylic acids is 1. The molecule has 1 saturated heterocycles. The normalized spacial score (nSPS) is 32.0. The van der Waals surface area contributed by atoms with E-state index in [1.54, 1.807) is 0 Å². The topological polar surface area (TPSA) is 57.6 Å². The predicted octanol–water partition coefficient (Wildman–Crippen LogP) is 1.74. The lowest BCUT2D eigenvalue weighted by Gasteiger charge is -2.28. The standard InChI is InChI=1S/C14H21NO3/c1-8-11(14(17)18)6-7-15(8)13(16)12(9-2-3-9)10-4-5-10/h8-12H,2-7H2,1H3,(H,17,18). The largest absolute Gasteiger partial charge is 0.481 e. The minimum atomic E-state index is -0.757. The van der Waals surface area contributed by atoms with Gasteiger partial charge in [0.2, 0.25) is 5.91 Å². The van der Waals surface area contributed by atoms with Crippen molar-refractivity contribution in [3.05, 3.63) is 0 Å². The highest BCUT2D eigenvalue weighted by Gasteiger charge is 2.49. The van der Waals surface area contributed by atoms with Crippen LogP contribution in [0, 0.1) is 23.7 Å². The number of carbonyl (C=O) groups excluding carboxylic acids is 1. The Labute approximate surface area is 107 Å². The number of nitrogens with zero attached hydrogens (tertiary/aromatic N) is 1. The molecule has 2 saturated carbocycles. The van der Waals surface area contributed by atoms with E-state index in [4.69, 9.17) is 5.11 Å². The summed E-state index contributed by atoms with van der Waals surface area (Å²) >= 11 is 0. The summed E-state index contributed by atoms with van der Waals surface area (Å²) in [6, 6.07) is -0.130. The van der Waals surface area contributed by atoms with Gasteiger partial charge in [-0.3, -0.25) is 9.59 Å². The molecule has 2 atom stereocenters. The maximum Gasteiger partial charge on any atom is 0.308 e. The average Bonchev–Trinajstić information content (AvgIpc) is 3.20. The van der Waals surface area contributed by atoms with Crippen LogP contribution in [0.1, 0.15) is 39.0 Å². The fraction of sp³-hybridized carbons (Fsp3) is 0.857. The summed E-state index contributed by atoms with van der Waals surface area (Å²) in [5.41, 5.74) is 0. The zero-order valence-corrected chi connectivity index (χ0v) is 10.8. The number of amides is 1. The molecule has 0 radical (unpaired) electrons. The van der Waals surface area contributed by atoms with Gasteiger partial charge < -0.3 is 10.0 Å². The molecule has 1 amide bonds. The number of carboxylic acids is 1. The van der Waals surface area contributed by atoms with Gasteiger partial charge in [-0.1, -0.05) is 0 Å². The Morgan fingerprint density at radius 1 is 1.11 bits per heavy atom. The number of hydrogen-bond donors (Lipinski definition) is 1. The van der Waals surface area contributed by atoms with Gasteiger partial charge in [0.25, 0.3) is 0 Å². The SMILES string of the molecule is CC1C(C(=O)O)CCN1C(=O)C(C1CC1)C1CC1. The zero-order chi connectivity index (χ0) is 12.9. The molecule has 0 bridgehead atoms. The van der Waals surface area contributed by atoms with Crippen molar-refractivity contribution in [1.82, 2.24) is 4.90 Å². The van der Waals surface area contributed by atoms with Crippen LogP contribution in [0.3, 0.4) is 0 Å². The fourth-order valence-electron chi connectivity index (χ4n) is 3.47. The Morgan fingerprint density at radius 2 is 1.67 bits per heavy atom. The van der Waals surface area contributed by atoms with Crippen LogP contribution >= 0.6 is 0 Å². The van der Waals surface area contributed by atoms with Gasteiger partial charge in [-0.2, -0.15) is 0 Å². The summed E-state index contributed by atoms with van der Waals surface area (Å²) in [6.45, 7) is 2.52. The molecule has 0 aromatic carbocycles. The highest BCUT2D eigenvalue weighted by molar-refractivity contribution is 5.82. The molecule has 3 aliphatic rings. The molecule has 0 spiro atoms. The Hall–Kier alpha value is -1.06. The second kappa shape index (κ2) is 4.25. The molecule has 4 nitrogen and oxygen atoms in total. The van der Waals surface area contributed by atoms with Gasteiger partial charge in [-0.15, -0.1) is 0 Å². The van der Waals surface area contributed by atoms with Crippen LogP contribution in [-0.2, 0) is 9.59 Å². The molecule has 0 aromatic rings. The average molecular weight is 251 g/mol. The first kappa shape index (κ1) is 12.0. The highest BCUT2D eigenvalue weighted by atomic mass is 16.4. The molecule has 100 valence electrons. The van der Waals surface area contributed by atoms with E-state index in [0.717, 1.165) is 0 Å². The van der Waals surface area contributed by atoms with Crippen LogP contribution in [-0.4, -0.2) is 34.5 Å². The first-order chi connectivity index (χ1) is 8.59. The van der Waals surface area contributed by atoms with E-state index < -0.39 is 5.97 Å². The van der Waals surface area contributed by atoms with Crippen molar-refractivity contribution in [2.45, 2.75) is 45.1 Å². The summed E-state index contributed by atoms with van der Waals surface area (Å²) in [4.78, 5) is 25.6. The van der Waals surface area contributed by atoms with Gasteiger partial charge in [0, 0.05) is 18.5 Å². The Kier molecular flexibility index (Phi) is 2.83. The van der Waals surface area contributed by atoms with Crippen molar-refractivity contribution in [3.8, 4) is 0 Å². The Bertz CT molecular complexity index is 361. The predicted molar refractivity (Wildman–Crippen MR) is 65.9 cm³/mol. The summed E-state index contributed by atoms with van der Waals surface area (Å²) in [6.07, 6.45) is 5.38. The molecule has 4 heteroatoms. The molecule has 2 aliphatic carbocycles. The van der Waals surface area contributed by atoms with Crippen LogP contribution in [0.4, 0.5) is 0 Å². The van der Waals surface area contributed by atoms with Crippen LogP contribution in [0.2, 0.25) is 0 Å². The van der Waals surface area contributed by atoms with Crippen LogP contribution < -0.4 is 0 Å². The number of carbonyl (C=O) groups is 2. The molecule has 18 heavy (non-hydrogen) atoms. The minimum absolute atomic E-state index is 0.130. The molecular formula is C14H21NO3. The molecule has 3 rings (SSSR count). The van der Waals surface area contributed by atoms with Gasteiger partial charge in [0.1, 0.15) is 0 Å². The van der Waals surface area contributed by atoms with Crippen LogP contribution in [0.25, 0.3) is 0 Å².